The minimum atomic E-state index is -0.970. The summed E-state index contributed by atoms with van der Waals surface area (Å²) in [4.78, 5) is 36.4. The first-order valence-corrected chi connectivity index (χ1v) is 13.1. The lowest BCUT2D eigenvalue weighted by Gasteiger charge is -2.25. The van der Waals surface area contributed by atoms with Crippen molar-refractivity contribution in [2.24, 2.45) is 0 Å². The van der Waals surface area contributed by atoms with Gasteiger partial charge >= 0.3 is 5.91 Å². The maximum Gasteiger partial charge on any atom is 0.302 e. The molecule has 1 aliphatic heterocycles. The molecule has 206 valence electrons. The number of fused-ring (bicyclic) bond motifs is 1. The lowest BCUT2D eigenvalue weighted by molar-refractivity contribution is -0.132. The number of aromatic amines is 1. The van der Waals surface area contributed by atoms with Crippen molar-refractivity contribution < 1.29 is 24.2 Å². The predicted molar refractivity (Wildman–Crippen MR) is 155 cm³/mol. The molecule has 0 aliphatic carbocycles. The summed E-state index contributed by atoms with van der Waals surface area (Å²) in [7, 11) is 2.86. The maximum absolute atomic E-state index is 13.7. The van der Waals surface area contributed by atoms with Gasteiger partial charge in [-0.05, 0) is 47.2 Å². The summed E-state index contributed by atoms with van der Waals surface area (Å²) in [5.41, 5.74) is 4.05. The van der Waals surface area contributed by atoms with Gasteiger partial charge in [-0.2, -0.15) is 0 Å². The minimum absolute atomic E-state index is 0.104. The number of carbonyl (C=O) groups excluding carboxylic acids is 2. The quantitative estimate of drug-likeness (QED) is 0.165. The van der Waals surface area contributed by atoms with Crippen molar-refractivity contribution in [2.45, 2.75) is 39.2 Å². The molecule has 0 saturated carbocycles. The molecule has 3 aromatic carbocycles. The molecule has 2 heterocycles. The summed E-state index contributed by atoms with van der Waals surface area (Å²) < 4.78 is 10.8. The lowest BCUT2D eigenvalue weighted by Crippen LogP contribution is -2.30. The zero-order chi connectivity index (χ0) is 28.9. The van der Waals surface area contributed by atoms with Gasteiger partial charge in [0.2, 0.25) is 5.95 Å². The molecule has 9 heteroatoms. The van der Waals surface area contributed by atoms with Crippen LogP contribution >= 0.6 is 11.6 Å². The van der Waals surface area contributed by atoms with Gasteiger partial charge in [-0.3, -0.25) is 14.5 Å². The Balaban J connectivity index is 1.76. The van der Waals surface area contributed by atoms with Gasteiger partial charge in [0.1, 0.15) is 17.3 Å². The molecule has 8 nitrogen and oxygen atoms in total. The fraction of sp³-hybridized carbons (Fsp3) is 0.258. The van der Waals surface area contributed by atoms with Gasteiger partial charge in [-0.1, -0.05) is 62.7 Å². The lowest BCUT2D eigenvalue weighted by atomic mass is 9.85. The molecular weight excluding hydrogens is 530 g/mol. The molecule has 1 atom stereocenters. The Hall–Kier alpha value is -4.30. The van der Waals surface area contributed by atoms with Crippen molar-refractivity contribution in [3.8, 4) is 11.5 Å². The number of hydrogen-bond acceptors (Lipinski definition) is 6. The molecule has 2 N–H and O–H groups in total. The third-order valence-corrected chi connectivity index (χ3v) is 7.41. The highest BCUT2D eigenvalue weighted by Crippen LogP contribution is 2.44. The number of aryl methyl sites for hydroxylation is 1. The molecule has 0 radical (unpaired) electrons. The highest BCUT2D eigenvalue weighted by molar-refractivity contribution is 6.51. The number of nitrogens with zero attached hydrogens (tertiary/aromatic N) is 2. The van der Waals surface area contributed by atoms with Crippen molar-refractivity contribution in [3.05, 3.63) is 87.4 Å². The predicted octanol–water partition coefficient (Wildman–Crippen LogP) is 6.47. The van der Waals surface area contributed by atoms with Gasteiger partial charge in [0.25, 0.3) is 5.78 Å². The topological polar surface area (TPSA) is 105 Å². The average molecular weight is 560 g/mol. The van der Waals surface area contributed by atoms with Crippen LogP contribution in [0, 0.1) is 6.92 Å². The molecule has 1 unspecified atom stereocenters. The van der Waals surface area contributed by atoms with Crippen LogP contribution in [0.5, 0.6) is 11.5 Å². The van der Waals surface area contributed by atoms with Crippen LogP contribution in [-0.2, 0) is 15.0 Å². The Kier molecular flexibility index (Phi) is 6.84. The third-order valence-electron chi connectivity index (χ3n) is 7.12. The Morgan fingerprint density at radius 3 is 2.30 bits per heavy atom. The zero-order valence-electron chi connectivity index (χ0n) is 23.1. The van der Waals surface area contributed by atoms with Crippen molar-refractivity contribution >= 4 is 46.0 Å². The van der Waals surface area contributed by atoms with E-state index in [2.05, 4.69) is 30.7 Å². The molecule has 5 rings (SSSR count). The second-order valence-electron chi connectivity index (χ2n) is 10.8. The fourth-order valence-corrected chi connectivity index (χ4v) is 5.18. The second-order valence-corrected chi connectivity index (χ2v) is 11.2. The highest BCUT2D eigenvalue weighted by atomic mass is 35.5. The van der Waals surface area contributed by atoms with Crippen LogP contribution in [0.1, 0.15) is 49.1 Å². The second kappa shape index (κ2) is 10.0. The van der Waals surface area contributed by atoms with Crippen molar-refractivity contribution in [3.63, 3.8) is 0 Å². The van der Waals surface area contributed by atoms with Gasteiger partial charge in [-0.15, -0.1) is 0 Å². The number of ether oxygens (including phenoxy) is 2. The molecule has 0 spiro atoms. The van der Waals surface area contributed by atoms with Crippen molar-refractivity contribution in [1.29, 1.82) is 0 Å². The van der Waals surface area contributed by atoms with E-state index in [4.69, 9.17) is 21.1 Å². The maximum atomic E-state index is 13.7. The summed E-state index contributed by atoms with van der Waals surface area (Å²) >= 11 is 6.28. The summed E-state index contributed by atoms with van der Waals surface area (Å²) in [6.45, 7) is 8.26. The van der Waals surface area contributed by atoms with Gasteiger partial charge in [0, 0.05) is 6.07 Å². The molecule has 1 amide bonds. The zero-order valence-corrected chi connectivity index (χ0v) is 23.9. The number of aliphatic hydroxyl groups excluding tert-OH is 1. The van der Waals surface area contributed by atoms with E-state index in [1.807, 2.05) is 49.4 Å². The van der Waals surface area contributed by atoms with E-state index >= 15 is 0 Å². The SMILES string of the molecule is COc1cc(/C(O)=C2\C(=O)C(=O)N(c3nc4ccc(C)cc4[nH]3)C2c2ccc(C(C)(C)C)cc2)c(OC)cc1Cl. The molecule has 1 fully saturated rings. The first kappa shape index (κ1) is 27.3. The van der Waals surface area contributed by atoms with Crippen LogP contribution in [0.4, 0.5) is 5.95 Å². The van der Waals surface area contributed by atoms with E-state index < -0.39 is 23.5 Å². The molecule has 40 heavy (non-hydrogen) atoms. The monoisotopic (exact) mass is 559 g/mol. The Morgan fingerprint density at radius 1 is 1.00 bits per heavy atom. The Morgan fingerprint density at radius 2 is 1.68 bits per heavy atom. The van der Waals surface area contributed by atoms with Crippen LogP contribution in [0.15, 0.2) is 60.2 Å². The average Bonchev–Trinajstić information content (AvgIpc) is 3.45. The number of H-pyrrole nitrogens is 1. The molecule has 1 saturated heterocycles. The number of carbonyl (C=O) groups is 2. The molecule has 1 aliphatic rings. The molecule has 4 aromatic rings. The van der Waals surface area contributed by atoms with E-state index in [0.29, 0.717) is 11.1 Å². The molecule has 0 bridgehead atoms. The third kappa shape index (κ3) is 4.58. The van der Waals surface area contributed by atoms with Crippen LogP contribution in [0.25, 0.3) is 16.8 Å². The van der Waals surface area contributed by atoms with Crippen molar-refractivity contribution in [1.82, 2.24) is 9.97 Å². The number of halogens is 1. The fourth-order valence-electron chi connectivity index (χ4n) is 4.95. The van der Waals surface area contributed by atoms with Crippen LogP contribution in [0.3, 0.4) is 0 Å². The number of aromatic nitrogens is 2. The number of imidazole rings is 1. The normalized spacial score (nSPS) is 17.1. The number of aliphatic hydroxyl groups is 1. The van der Waals surface area contributed by atoms with Gasteiger partial charge < -0.3 is 19.6 Å². The highest BCUT2D eigenvalue weighted by Gasteiger charge is 2.48. The summed E-state index contributed by atoms with van der Waals surface area (Å²) in [6.07, 6.45) is 0. The summed E-state index contributed by atoms with van der Waals surface area (Å²) in [5.74, 6) is -1.39. The Bertz CT molecular complexity index is 1680. The van der Waals surface area contributed by atoms with E-state index in [-0.39, 0.29) is 39.0 Å². The summed E-state index contributed by atoms with van der Waals surface area (Å²) in [6, 6.07) is 15.3. The van der Waals surface area contributed by atoms with E-state index in [9.17, 15) is 14.7 Å². The van der Waals surface area contributed by atoms with Crippen molar-refractivity contribution in [2.75, 3.05) is 19.1 Å². The van der Waals surface area contributed by atoms with Crippen LogP contribution in [0.2, 0.25) is 5.02 Å². The van der Waals surface area contributed by atoms with Gasteiger partial charge in [0.05, 0.1) is 47.5 Å². The number of hydrogen-bond donors (Lipinski definition) is 2. The number of ketones is 1. The number of anilines is 1. The number of Topliss-reactive ketones (excluding diaryl/α,β-unsaturated/α-hetero) is 1. The number of benzene rings is 3. The molecule has 1 aromatic heterocycles. The number of nitrogens with one attached hydrogen (secondary N) is 1. The minimum Gasteiger partial charge on any atom is -0.507 e. The smallest absolute Gasteiger partial charge is 0.302 e. The largest absolute Gasteiger partial charge is 0.507 e. The number of methoxy groups -OCH3 is 2. The summed E-state index contributed by atoms with van der Waals surface area (Å²) in [5, 5.41) is 11.9. The number of rotatable bonds is 5. The Labute approximate surface area is 237 Å². The van der Waals surface area contributed by atoms with Crippen LogP contribution in [-0.4, -0.2) is 41.0 Å². The van der Waals surface area contributed by atoms with E-state index in [1.54, 1.807) is 0 Å². The number of amides is 1. The van der Waals surface area contributed by atoms with E-state index in [0.717, 1.165) is 16.6 Å². The first-order valence-electron chi connectivity index (χ1n) is 12.7. The van der Waals surface area contributed by atoms with Crippen LogP contribution < -0.4 is 14.4 Å². The first-order chi connectivity index (χ1) is 18.9. The van der Waals surface area contributed by atoms with Gasteiger partial charge in [0.15, 0.2) is 0 Å². The standard InChI is InChI=1S/C31H30ClN3O5/c1-16-7-12-21-22(13-16)34-30(33-21)35-26(17-8-10-18(11-9-17)31(2,3)4)25(28(37)29(35)38)27(36)19-14-24(40-6)20(32)15-23(19)39-5/h7-15,26,36H,1-6H3,(H,33,34)/b27-25+. The molecular formula is C31H30ClN3O5. The van der Waals surface area contributed by atoms with Gasteiger partial charge in [-0.25, -0.2) is 4.98 Å². The van der Waals surface area contributed by atoms with E-state index in [1.165, 1.54) is 31.3 Å².